The highest BCUT2D eigenvalue weighted by atomic mass is 32.1. The molecule has 0 radical (unpaired) electrons. The number of carbonyl (C=O) groups excluding carboxylic acids is 1. The summed E-state index contributed by atoms with van der Waals surface area (Å²) in [6, 6.07) is 6.95. The zero-order valence-corrected chi connectivity index (χ0v) is 12.9. The van der Waals surface area contributed by atoms with Gasteiger partial charge in [-0.3, -0.25) is 4.79 Å². The normalized spacial score (nSPS) is 10.6. The van der Waals surface area contributed by atoms with Crippen LogP contribution in [-0.2, 0) is 0 Å². The molecule has 21 heavy (non-hydrogen) atoms. The van der Waals surface area contributed by atoms with E-state index in [-0.39, 0.29) is 5.91 Å². The second kappa shape index (κ2) is 6.90. The number of nitrogens with zero attached hydrogens (tertiary/aromatic N) is 1. The van der Waals surface area contributed by atoms with Crippen LogP contribution in [0.3, 0.4) is 0 Å². The summed E-state index contributed by atoms with van der Waals surface area (Å²) in [5, 5.41) is 5.94. The highest BCUT2D eigenvalue weighted by Crippen LogP contribution is 2.27. The summed E-state index contributed by atoms with van der Waals surface area (Å²) in [6.45, 7) is 1.99. The Morgan fingerprint density at radius 1 is 1.24 bits per heavy atom. The van der Waals surface area contributed by atoms with E-state index in [1.54, 1.807) is 42.9 Å². The van der Waals surface area contributed by atoms with Crippen molar-refractivity contribution in [1.29, 1.82) is 0 Å². The predicted molar refractivity (Wildman–Crippen MR) is 83.7 cm³/mol. The number of amides is 1. The molecule has 0 aliphatic carbocycles. The van der Waals surface area contributed by atoms with Crippen molar-refractivity contribution in [2.24, 2.45) is 5.10 Å². The van der Waals surface area contributed by atoms with Crippen LogP contribution in [0.1, 0.15) is 20.8 Å². The molecule has 0 aliphatic heterocycles. The van der Waals surface area contributed by atoms with Crippen LogP contribution in [0.4, 0.5) is 0 Å². The molecule has 1 aromatic heterocycles. The van der Waals surface area contributed by atoms with Crippen molar-refractivity contribution in [3.63, 3.8) is 0 Å². The smallest absolute Gasteiger partial charge is 0.271 e. The maximum Gasteiger partial charge on any atom is 0.271 e. The summed E-state index contributed by atoms with van der Waals surface area (Å²) >= 11 is 1.57. The first-order valence-electron chi connectivity index (χ1n) is 6.25. The first-order valence-corrected chi connectivity index (χ1v) is 7.13. The topological polar surface area (TPSA) is 59.9 Å². The third-order valence-corrected chi connectivity index (χ3v) is 3.85. The van der Waals surface area contributed by atoms with Crippen LogP contribution in [0, 0.1) is 6.92 Å². The molecule has 2 rings (SSSR count). The zero-order chi connectivity index (χ0) is 15.2. The maximum absolute atomic E-state index is 12.0. The Morgan fingerprint density at radius 2 is 2.00 bits per heavy atom. The van der Waals surface area contributed by atoms with Gasteiger partial charge in [0.2, 0.25) is 0 Å². The molecule has 6 heteroatoms. The molecule has 1 N–H and O–H groups in total. The van der Waals surface area contributed by atoms with Crippen molar-refractivity contribution in [3.8, 4) is 11.5 Å². The van der Waals surface area contributed by atoms with E-state index < -0.39 is 0 Å². The van der Waals surface area contributed by atoms with E-state index in [2.05, 4.69) is 10.5 Å². The number of benzene rings is 1. The molecule has 0 aliphatic rings. The molecule has 1 heterocycles. The van der Waals surface area contributed by atoms with E-state index in [1.165, 1.54) is 7.11 Å². The molecule has 1 amide bonds. The molecule has 0 saturated carbocycles. The van der Waals surface area contributed by atoms with Crippen molar-refractivity contribution in [2.75, 3.05) is 14.2 Å². The molecule has 110 valence electrons. The van der Waals surface area contributed by atoms with Crippen LogP contribution in [0.5, 0.6) is 11.5 Å². The Kier molecular flexibility index (Phi) is 4.94. The second-order valence-electron chi connectivity index (χ2n) is 4.24. The van der Waals surface area contributed by atoms with Crippen LogP contribution in [0.2, 0.25) is 0 Å². The molecule has 0 bridgehead atoms. The van der Waals surface area contributed by atoms with Gasteiger partial charge < -0.3 is 9.47 Å². The van der Waals surface area contributed by atoms with E-state index >= 15 is 0 Å². The second-order valence-corrected chi connectivity index (χ2v) is 5.18. The number of thiophene rings is 1. The van der Waals surface area contributed by atoms with Crippen LogP contribution >= 0.6 is 11.3 Å². The van der Waals surface area contributed by atoms with Crippen molar-refractivity contribution >= 4 is 23.5 Å². The lowest BCUT2D eigenvalue weighted by molar-refractivity contribution is 0.0954. The minimum absolute atomic E-state index is 0.304. The molecular formula is C15H16N2O3S. The fourth-order valence-corrected chi connectivity index (χ4v) is 2.49. The quantitative estimate of drug-likeness (QED) is 0.682. The van der Waals surface area contributed by atoms with Crippen molar-refractivity contribution in [3.05, 3.63) is 45.6 Å². The summed E-state index contributed by atoms with van der Waals surface area (Å²) in [5.74, 6) is 0.774. The lowest BCUT2D eigenvalue weighted by Crippen LogP contribution is -2.17. The highest BCUT2D eigenvalue weighted by molar-refractivity contribution is 7.11. The van der Waals surface area contributed by atoms with Gasteiger partial charge in [0.05, 0.1) is 20.4 Å². The largest absolute Gasteiger partial charge is 0.493 e. The number of hydrogen-bond donors (Lipinski definition) is 1. The fourth-order valence-electron chi connectivity index (χ4n) is 1.71. The number of ether oxygens (including phenoxy) is 2. The van der Waals surface area contributed by atoms with Gasteiger partial charge in [-0.1, -0.05) is 0 Å². The molecule has 0 spiro atoms. The van der Waals surface area contributed by atoms with E-state index in [9.17, 15) is 4.79 Å². The van der Waals surface area contributed by atoms with Gasteiger partial charge in [0.15, 0.2) is 11.5 Å². The van der Waals surface area contributed by atoms with Gasteiger partial charge in [-0.2, -0.15) is 5.10 Å². The number of nitrogens with one attached hydrogen (secondary N) is 1. The van der Waals surface area contributed by atoms with E-state index in [0.29, 0.717) is 17.1 Å². The summed E-state index contributed by atoms with van der Waals surface area (Å²) in [4.78, 5) is 13.0. The number of hydrazone groups is 1. The Labute approximate surface area is 127 Å². The third kappa shape index (κ3) is 3.61. The number of carbonyl (C=O) groups is 1. The van der Waals surface area contributed by atoms with E-state index in [0.717, 1.165) is 10.4 Å². The van der Waals surface area contributed by atoms with Gasteiger partial charge in [0, 0.05) is 10.4 Å². The van der Waals surface area contributed by atoms with Crippen molar-refractivity contribution < 1.29 is 14.3 Å². The van der Waals surface area contributed by atoms with Gasteiger partial charge in [0.1, 0.15) is 0 Å². The van der Waals surface area contributed by atoms with E-state index in [1.807, 2.05) is 18.4 Å². The maximum atomic E-state index is 12.0. The zero-order valence-electron chi connectivity index (χ0n) is 12.0. The van der Waals surface area contributed by atoms with Gasteiger partial charge in [0.25, 0.3) is 5.91 Å². The van der Waals surface area contributed by atoms with Crippen molar-refractivity contribution in [2.45, 2.75) is 6.92 Å². The number of hydrogen-bond acceptors (Lipinski definition) is 5. The SMILES string of the molecule is COc1ccc(C(=O)N/N=C\c2sccc2C)cc1OC. The minimum Gasteiger partial charge on any atom is -0.493 e. The Hall–Kier alpha value is -2.34. The summed E-state index contributed by atoms with van der Waals surface area (Å²) < 4.78 is 10.3. The molecule has 0 atom stereocenters. The molecule has 2 aromatic rings. The summed E-state index contributed by atoms with van der Waals surface area (Å²) in [5.41, 5.74) is 4.07. The Balaban J connectivity index is 2.07. The molecule has 1 aromatic carbocycles. The number of rotatable bonds is 5. The summed E-state index contributed by atoms with van der Waals surface area (Å²) in [7, 11) is 3.07. The minimum atomic E-state index is -0.304. The van der Waals surface area contributed by atoms with Crippen LogP contribution in [-0.4, -0.2) is 26.3 Å². The van der Waals surface area contributed by atoms with E-state index in [4.69, 9.17) is 9.47 Å². The fraction of sp³-hybridized carbons (Fsp3) is 0.200. The Bertz CT molecular complexity index is 665. The van der Waals surface area contributed by atoms with Crippen LogP contribution in [0.25, 0.3) is 0 Å². The van der Waals surface area contributed by atoms with Gasteiger partial charge in [-0.15, -0.1) is 11.3 Å². The van der Waals surface area contributed by atoms with Crippen LogP contribution < -0.4 is 14.9 Å². The monoisotopic (exact) mass is 304 g/mol. The standard InChI is InChI=1S/C15H16N2O3S/c1-10-6-7-21-14(10)9-16-17-15(18)11-4-5-12(19-2)13(8-11)20-3/h4-9H,1-3H3,(H,17,18)/b16-9-. The first kappa shape index (κ1) is 15.1. The molecule has 0 fully saturated rings. The summed E-state index contributed by atoms with van der Waals surface area (Å²) in [6.07, 6.45) is 1.64. The molecule has 5 nitrogen and oxygen atoms in total. The Morgan fingerprint density at radius 3 is 2.62 bits per heavy atom. The average Bonchev–Trinajstić information content (AvgIpc) is 2.91. The first-order chi connectivity index (χ1) is 10.2. The molecular weight excluding hydrogens is 288 g/mol. The van der Waals surface area contributed by atoms with Crippen molar-refractivity contribution in [1.82, 2.24) is 5.43 Å². The molecule has 0 saturated heterocycles. The third-order valence-electron chi connectivity index (χ3n) is 2.90. The average molecular weight is 304 g/mol. The lowest BCUT2D eigenvalue weighted by atomic mass is 10.2. The van der Waals surface area contributed by atoms with Crippen LogP contribution in [0.15, 0.2) is 34.7 Å². The molecule has 0 unspecified atom stereocenters. The van der Waals surface area contributed by atoms with Gasteiger partial charge in [-0.05, 0) is 42.1 Å². The predicted octanol–water partition coefficient (Wildman–Crippen LogP) is 2.84. The highest BCUT2D eigenvalue weighted by Gasteiger charge is 2.09. The van der Waals surface area contributed by atoms with Gasteiger partial charge in [-0.25, -0.2) is 5.43 Å². The number of methoxy groups -OCH3 is 2. The van der Waals surface area contributed by atoms with Gasteiger partial charge >= 0.3 is 0 Å². The lowest BCUT2D eigenvalue weighted by Gasteiger charge is -2.08. The number of aryl methyl sites for hydroxylation is 1.